The summed E-state index contributed by atoms with van der Waals surface area (Å²) in [6.45, 7) is 0.569. The summed E-state index contributed by atoms with van der Waals surface area (Å²) in [5, 5.41) is 14.5. The van der Waals surface area contributed by atoms with E-state index in [4.69, 9.17) is 27.9 Å². The Bertz CT molecular complexity index is 1660. The van der Waals surface area contributed by atoms with Crippen molar-refractivity contribution in [3.05, 3.63) is 70.7 Å². The van der Waals surface area contributed by atoms with Crippen LogP contribution in [0.4, 0.5) is 13.2 Å². The fraction of sp³-hybridized carbons (Fsp3) is 0.357. The van der Waals surface area contributed by atoms with Crippen molar-refractivity contribution >= 4 is 54.9 Å². The summed E-state index contributed by atoms with van der Waals surface area (Å²) in [7, 11) is -3.35. The number of benzene rings is 3. The fourth-order valence-corrected chi connectivity index (χ4v) is 7.44. The van der Waals surface area contributed by atoms with Crippen LogP contribution in [0.5, 0.6) is 5.75 Å². The lowest BCUT2D eigenvalue weighted by Crippen LogP contribution is -2.53. The molecule has 3 aromatic carbocycles. The third-order valence-electron chi connectivity index (χ3n) is 7.35. The Morgan fingerprint density at radius 3 is 2.17 bits per heavy atom. The van der Waals surface area contributed by atoms with Crippen molar-refractivity contribution in [1.82, 2.24) is 9.29 Å². The first-order chi connectivity index (χ1) is 19.5. The van der Waals surface area contributed by atoms with Crippen LogP contribution in [0.15, 0.2) is 69.9 Å². The highest BCUT2D eigenvalue weighted by Crippen LogP contribution is 2.38. The number of ether oxygens (including phenoxy) is 2. The second kappa shape index (κ2) is 10.9. The molecule has 1 aliphatic heterocycles. The van der Waals surface area contributed by atoms with Crippen molar-refractivity contribution < 1.29 is 32.0 Å². The summed E-state index contributed by atoms with van der Waals surface area (Å²) in [5.41, 5.74) is 1.64. The molecule has 218 valence electrons. The highest BCUT2D eigenvalue weighted by molar-refractivity contribution is 7.91. The van der Waals surface area contributed by atoms with Crippen molar-refractivity contribution in [3.8, 4) is 5.75 Å². The molecular formula is C28H26Cl2F3N3O4S. The van der Waals surface area contributed by atoms with Gasteiger partial charge in [0, 0.05) is 31.9 Å². The van der Waals surface area contributed by atoms with Crippen LogP contribution in [0.25, 0.3) is 21.8 Å². The van der Waals surface area contributed by atoms with Crippen LogP contribution in [0, 0.1) is 5.92 Å². The first kappa shape index (κ1) is 28.6. The Hall–Kier alpha value is -2.54. The average molecular weight is 629 g/mol. The van der Waals surface area contributed by atoms with Gasteiger partial charge in [-0.2, -0.15) is 0 Å². The molecule has 1 aromatic heterocycles. The summed E-state index contributed by atoms with van der Waals surface area (Å²) >= 11 is 12.6. The standard InChI is InChI=1S/C28H26Cl2F3N3O4S/c29-17-3-9-24-21(11-17)22-12-18(30)4-10-25(22)36(24)26-15-39-14-23(27(26)37)35-41(38,34-13-16-1-2-16)20-7-5-19(6-8-20)40-28(31,32)33/h3-12,16,23,26-27,37H,1-2,13-15H2,(H,34,35,38)/t23-,26+,27-,41?/m0/s1. The predicted molar refractivity (Wildman–Crippen MR) is 152 cm³/mol. The van der Waals surface area contributed by atoms with Crippen LogP contribution >= 0.6 is 23.2 Å². The maximum atomic E-state index is 14.3. The number of nitrogens with one attached hydrogen (secondary N) is 1. The van der Waals surface area contributed by atoms with E-state index in [1.165, 1.54) is 12.1 Å². The zero-order valence-electron chi connectivity index (χ0n) is 21.5. The lowest BCUT2D eigenvalue weighted by atomic mass is 10.0. The van der Waals surface area contributed by atoms with Gasteiger partial charge in [-0.25, -0.2) is 13.3 Å². The number of nitrogens with zero attached hydrogens (tertiary/aromatic N) is 2. The number of halogens is 5. The first-order valence-electron chi connectivity index (χ1n) is 13.0. The van der Waals surface area contributed by atoms with Gasteiger partial charge >= 0.3 is 6.36 Å². The smallest absolute Gasteiger partial charge is 0.406 e. The Kier molecular flexibility index (Phi) is 7.63. The lowest BCUT2D eigenvalue weighted by Gasteiger charge is -2.37. The molecule has 0 bridgehead atoms. The van der Waals surface area contributed by atoms with Gasteiger partial charge in [-0.3, -0.25) is 0 Å². The minimum absolute atomic E-state index is 0.0532. The molecule has 4 aromatic rings. The highest BCUT2D eigenvalue weighted by atomic mass is 35.5. The van der Waals surface area contributed by atoms with E-state index in [1.54, 1.807) is 12.1 Å². The number of alkyl halides is 3. The summed E-state index contributed by atoms with van der Waals surface area (Å²) in [6, 6.07) is 14.4. The molecule has 0 spiro atoms. The van der Waals surface area contributed by atoms with Gasteiger partial charge in [-0.15, -0.1) is 13.2 Å². The van der Waals surface area contributed by atoms with Crippen LogP contribution < -0.4 is 9.46 Å². The van der Waals surface area contributed by atoms with Gasteiger partial charge in [0.1, 0.15) is 15.7 Å². The molecule has 2 aliphatic rings. The molecule has 1 saturated heterocycles. The van der Waals surface area contributed by atoms with Crippen LogP contribution in [0.1, 0.15) is 18.9 Å². The molecule has 7 nitrogen and oxygen atoms in total. The number of aliphatic hydroxyl groups is 1. The summed E-state index contributed by atoms with van der Waals surface area (Å²) in [6.07, 6.45) is -3.97. The van der Waals surface area contributed by atoms with Crippen molar-refractivity contribution in [2.24, 2.45) is 10.3 Å². The highest BCUT2D eigenvalue weighted by Gasteiger charge is 2.38. The van der Waals surface area contributed by atoms with E-state index in [-0.39, 0.29) is 18.1 Å². The van der Waals surface area contributed by atoms with Crippen LogP contribution in [0.3, 0.4) is 0 Å². The lowest BCUT2D eigenvalue weighted by molar-refractivity contribution is -0.274. The van der Waals surface area contributed by atoms with Gasteiger partial charge in [0.15, 0.2) is 0 Å². The maximum Gasteiger partial charge on any atom is 0.573 e. The number of hydrogen-bond acceptors (Lipinski definition) is 5. The third kappa shape index (κ3) is 6.02. The van der Waals surface area contributed by atoms with Crippen LogP contribution in [0.2, 0.25) is 10.0 Å². The van der Waals surface area contributed by atoms with E-state index < -0.39 is 40.2 Å². The Labute approximate surface area is 244 Å². The third-order valence-corrected chi connectivity index (χ3v) is 9.87. The van der Waals surface area contributed by atoms with Gasteiger partial charge < -0.3 is 19.1 Å². The predicted octanol–water partition coefficient (Wildman–Crippen LogP) is 6.74. The number of aliphatic hydroxyl groups excluding tert-OH is 1. The molecule has 2 fully saturated rings. The van der Waals surface area contributed by atoms with Crippen molar-refractivity contribution in [3.63, 3.8) is 0 Å². The molecule has 6 rings (SSSR count). The number of rotatable bonds is 7. The minimum atomic E-state index is -4.85. The summed E-state index contributed by atoms with van der Waals surface area (Å²) < 4.78 is 71.6. The minimum Gasteiger partial charge on any atom is -0.406 e. The van der Waals surface area contributed by atoms with Gasteiger partial charge in [0.05, 0.1) is 42.8 Å². The van der Waals surface area contributed by atoms with E-state index in [0.717, 1.165) is 46.8 Å². The molecule has 0 amide bonds. The zero-order chi connectivity index (χ0) is 28.9. The summed E-state index contributed by atoms with van der Waals surface area (Å²) in [4.78, 5) is 0.183. The second-order valence-electron chi connectivity index (χ2n) is 10.3. The molecule has 2 N–H and O–H groups in total. The van der Waals surface area contributed by atoms with Crippen LogP contribution in [-0.4, -0.2) is 52.1 Å². The Morgan fingerprint density at radius 1 is 1.00 bits per heavy atom. The largest absolute Gasteiger partial charge is 0.573 e. The molecule has 2 heterocycles. The number of hydrogen-bond donors (Lipinski definition) is 2. The van der Waals surface area contributed by atoms with Crippen molar-refractivity contribution in [1.29, 1.82) is 0 Å². The maximum absolute atomic E-state index is 14.3. The van der Waals surface area contributed by atoms with Crippen LogP contribution in [-0.2, 0) is 14.7 Å². The SMILES string of the molecule is O=S(=NCC1CC1)(N[C@H]1COC[C@@H](n2c3ccc(Cl)cc3c3cc(Cl)ccc32)[C@H]1O)c1ccc(OC(F)(F)F)cc1. The second-order valence-corrected chi connectivity index (χ2v) is 13.2. The molecule has 1 unspecified atom stereocenters. The van der Waals surface area contributed by atoms with Crippen molar-refractivity contribution in [2.75, 3.05) is 19.8 Å². The molecule has 1 aliphatic carbocycles. The van der Waals surface area contributed by atoms with E-state index in [2.05, 4.69) is 13.8 Å². The molecule has 0 radical (unpaired) electrons. The molecule has 13 heteroatoms. The van der Waals surface area contributed by atoms with E-state index in [1.807, 2.05) is 28.8 Å². The van der Waals surface area contributed by atoms with Crippen molar-refractivity contribution in [2.45, 2.75) is 42.3 Å². The zero-order valence-corrected chi connectivity index (χ0v) is 23.8. The van der Waals surface area contributed by atoms with E-state index >= 15 is 0 Å². The molecular weight excluding hydrogens is 602 g/mol. The van der Waals surface area contributed by atoms with Gasteiger partial charge in [-0.1, -0.05) is 23.2 Å². The Morgan fingerprint density at radius 2 is 1.61 bits per heavy atom. The summed E-state index contributed by atoms with van der Waals surface area (Å²) in [5.74, 6) is -0.125. The Balaban J connectivity index is 1.35. The molecule has 4 atom stereocenters. The number of aromatic nitrogens is 1. The van der Waals surface area contributed by atoms with Gasteiger partial charge in [0.25, 0.3) is 0 Å². The average Bonchev–Trinajstić information content (AvgIpc) is 3.70. The van der Waals surface area contributed by atoms with E-state index in [0.29, 0.717) is 22.5 Å². The fourth-order valence-electron chi connectivity index (χ4n) is 5.19. The molecule has 41 heavy (non-hydrogen) atoms. The first-order valence-corrected chi connectivity index (χ1v) is 15.3. The normalized spacial score (nSPS) is 23.0. The quantitative estimate of drug-likeness (QED) is 0.238. The topological polar surface area (TPSA) is 85.1 Å². The van der Waals surface area contributed by atoms with E-state index in [9.17, 15) is 22.5 Å². The van der Waals surface area contributed by atoms with Gasteiger partial charge in [0.2, 0.25) is 0 Å². The monoisotopic (exact) mass is 627 g/mol. The van der Waals surface area contributed by atoms with Gasteiger partial charge in [-0.05, 0) is 79.4 Å². The number of fused-ring (bicyclic) bond motifs is 3. The molecule has 1 saturated carbocycles.